The molecule has 0 saturated carbocycles. The fraction of sp³-hybridized carbons (Fsp3) is 0.500. The van der Waals surface area contributed by atoms with Gasteiger partial charge >= 0.3 is 5.97 Å². The summed E-state index contributed by atoms with van der Waals surface area (Å²) in [4.78, 5) is 20.8. The Labute approximate surface area is 63.9 Å². The van der Waals surface area contributed by atoms with E-state index in [1.54, 1.807) is 6.07 Å². The van der Waals surface area contributed by atoms with Crippen LogP contribution < -0.4 is 5.32 Å². The second kappa shape index (κ2) is 5.23. The maximum atomic E-state index is 10.5. The predicted molar refractivity (Wildman–Crippen MR) is 35.3 cm³/mol. The Morgan fingerprint density at radius 1 is 1.64 bits per heavy atom. The van der Waals surface area contributed by atoms with Gasteiger partial charge in [-0.15, -0.1) is 0 Å². The number of nitrogens with zero attached hydrogens (tertiary/aromatic N) is 1. The Kier molecular flexibility index (Phi) is 4.49. The number of amides is 1. The molecule has 0 rings (SSSR count). The van der Waals surface area contributed by atoms with Crippen molar-refractivity contribution in [3.63, 3.8) is 0 Å². The normalized spacial score (nSPS) is 8.00. The van der Waals surface area contributed by atoms with Crippen molar-refractivity contribution in [2.75, 3.05) is 13.2 Å². The second-order valence-electron chi connectivity index (χ2n) is 1.73. The van der Waals surface area contributed by atoms with Crippen molar-refractivity contribution in [1.82, 2.24) is 5.32 Å². The lowest BCUT2D eigenvalue weighted by molar-refractivity contribution is -0.142. The lowest BCUT2D eigenvalue weighted by Gasteiger charge is -1.99. The van der Waals surface area contributed by atoms with Crippen molar-refractivity contribution in [3.8, 4) is 6.07 Å². The third-order valence-corrected chi connectivity index (χ3v) is 0.779. The summed E-state index contributed by atoms with van der Waals surface area (Å²) in [6, 6.07) is 1.63. The predicted octanol–water partition coefficient (Wildman–Crippen LogP) is -0.811. The van der Waals surface area contributed by atoms with Crippen LogP contribution in [-0.4, -0.2) is 25.0 Å². The maximum absolute atomic E-state index is 10.5. The van der Waals surface area contributed by atoms with Crippen LogP contribution in [0.4, 0.5) is 0 Å². The number of ether oxygens (including phenoxy) is 1. The van der Waals surface area contributed by atoms with Crippen LogP contribution in [0.2, 0.25) is 0 Å². The van der Waals surface area contributed by atoms with E-state index in [9.17, 15) is 9.59 Å². The first kappa shape index (κ1) is 9.43. The zero-order valence-corrected chi connectivity index (χ0v) is 6.09. The topological polar surface area (TPSA) is 79.2 Å². The van der Waals surface area contributed by atoms with Gasteiger partial charge in [-0.05, 0) is 0 Å². The molecule has 0 spiro atoms. The molecule has 0 atom stereocenters. The summed E-state index contributed by atoms with van der Waals surface area (Å²) in [6.45, 7) is 0.826. The van der Waals surface area contributed by atoms with Crippen LogP contribution in [0.25, 0.3) is 0 Å². The summed E-state index contributed by atoms with van der Waals surface area (Å²) in [7, 11) is 0. The molecule has 1 N–H and O–H groups in total. The molecule has 1 amide bonds. The lowest BCUT2D eigenvalue weighted by Crippen LogP contribution is -2.28. The molecule has 0 bridgehead atoms. The molecule has 0 aliphatic carbocycles. The number of carbonyl (C=O) groups is 2. The summed E-state index contributed by atoms with van der Waals surface area (Å²) in [6.07, 6.45) is 0. The summed E-state index contributed by atoms with van der Waals surface area (Å²) >= 11 is 0. The molecule has 5 heteroatoms. The standard InChI is InChI=1S/C6H8N2O3/c1-5(9)8-4-6(10)11-3-2-7/h3-4H2,1H3,(H,8,9). The molecular formula is C6H8N2O3. The van der Waals surface area contributed by atoms with Gasteiger partial charge < -0.3 is 10.1 Å². The van der Waals surface area contributed by atoms with Gasteiger partial charge in [-0.1, -0.05) is 0 Å². The first-order valence-corrected chi connectivity index (χ1v) is 2.94. The van der Waals surface area contributed by atoms with Crippen LogP contribution in [0.15, 0.2) is 0 Å². The van der Waals surface area contributed by atoms with Gasteiger partial charge in [-0.3, -0.25) is 9.59 Å². The highest BCUT2D eigenvalue weighted by molar-refractivity contribution is 5.80. The third-order valence-electron chi connectivity index (χ3n) is 0.779. The van der Waals surface area contributed by atoms with Crippen LogP contribution in [0, 0.1) is 11.3 Å². The molecule has 0 unspecified atom stereocenters. The van der Waals surface area contributed by atoms with Gasteiger partial charge in [-0.25, -0.2) is 0 Å². The molecule has 0 aromatic carbocycles. The van der Waals surface area contributed by atoms with E-state index in [-0.39, 0.29) is 19.1 Å². The van der Waals surface area contributed by atoms with Gasteiger partial charge in [0.15, 0.2) is 6.61 Å². The maximum Gasteiger partial charge on any atom is 0.326 e. The Morgan fingerprint density at radius 3 is 2.73 bits per heavy atom. The van der Waals surface area contributed by atoms with E-state index in [0.717, 1.165) is 0 Å². The van der Waals surface area contributed by atoms with Gasteiger partial charge in [0, 0.05) is 6.92 Å². The largest absolute Gasteiger partial charge is 0.449 e. The van der Waals surface area contributed by atoms with Gasteiger partial charge in [0.05, 0.1) is 0 Å². The van der Waals surface area contributed by atoms with E-state index >= 15 is 0 Å². The first-order chi connectivity index (χ1) is 5.16. The molecule has 0 saturated heterocycles. The third kappa shape index (κ3) is 6.31. The summed E-state index contributed by atoms with van der Waals surface area (Å²) in [5.41, 5.74) is 0. The van der Waals surface area contributed by atoms with Crippen molar-refractivity contribution in [1.29, 1.82) is 5.26 Å². The van der Waals surface area contributed by atoms with E-state index in [2.05, 4.69) is 10.1 Å². The van der Waals surface area contributed by atoms with E-state index in [1.807, 2.05) is 0 Å². The Morgan fingerprint density at radius 2 is 2.27 bits per heavy atom. The van der Waals surface area contributed by atoms with Gasteiger partial charge in [0.1, 0.15) is 12.6 Å². The molecule has 0 radical (unpaired) electrons. The monoisotopic (exact) mass is 156 g/mol. The Bertz CT molecular complexity index is 194. The van der Waals surface area contributed by atoms with Crippen LogP contribution in [0.3, 0.4) is 0 Å². The van der Waals surface area contributed by atoms with E-state index < -0.39 is 5.97 Å². The van der Waals surface area contributed by atoms with Gasteiger partial charge in [-0.2, -0.15) is 5.26 Å². The van der Waals surface area contributed by atoms with Gasteiger partial charge in [0.25, 0.3) is 0 Å². The minimum absolute atomic E-state index is 0.184. The number of nitrogens with one attached hydrogen (secondary N) is 1. The quantitative estimate of drug-likeness (QED) is 0.542. The summed E-state index contributed by atoms with van der Waals surface area (Å²) < 4.78 is 4.33. The highest BCUT2D eigenvalue weighted by Crippen LogP contribution is 1.74. The fourth-order valence-electron chi connectivity index (χ4n) is 0.360. The smallest absolute Gasteiger partial charge is 0.326 e. The summed E-state index contributed by atoms with van der Waals surface area (Å²) in [5.74, 6) is -0.916. The zero-order chi connectivity index (χ0) is 8.69. The van der Waals surface area contributed by atoms with E-state index in [0.29, 0.717) is 0 Å². The zero-order valence-electron chi connectivity index (χ0n) is 6.09. The lowest BCUT2D eigenvalue weighted by atomic mass is 10.6. The molecule has 11 heavy (non-hydrogen) atoms. The van der Waals surface area contributed by atoms with Crippen LogP contribution in [0.1, 0.15) is 6.92 Å². The Hall–Kier alpha value is -1.57. The number of rotatable bonds is 3. The minimum atomic E-state index is -0.609. The summed E-state index contributed by atoms with van der Waals surface area (Å²) in [5, 5.41) is 10.2. The molecule has 0 aromatic rings. The van der Waals surface area contributed by atoms with Crippen LogP contribution in [0.5, 0.6) is 0 Å². The second-order valence-corrected chi connectivity index (χ2v) is 1.73. The van der Waals surface area contributed by atoms with Crippen molar-refractivity contribution in [3.05, 3.63) is 0 Å². The highest BCUT2D eigenvalue weighted by Gasteiger charge is 2.01. The molecule has 5 nitrogen and oxygen atoms in total. The first-order valence-electron chi connectivity index (χ1n) is 2.94. The van der Waals surface area contributed by atoms with Crippen molar-refractivity contribution >= 4 is 11.9 Å². The Balaban J connectivity index is 3.39. The number of hydrogen-bond donors (Lipinski definition) is 1. The van der Waals surface area contributed by atoms with Gasteiger partial charge in [0.2, 0.25) is 5.91 Å². The van der Waals surface area contributed by atoms with Crippen LogP contribution in [-0.2, 0) is 14.3 Å². The number of carbonyl (C=O) groups excluding carboxylic acids is 2. The van der Waals surface area contributed by atoms with E-state index in [4.69, 9.17) is 5.26 Å². The molecule has 0 aliphatic rings. The number of hydrogen-bond acceptors (Lipinski definition) is 4. The van der Waals surface area contributed by atoms with Crippen molar-refractivity contribution < 1.29 is 14.3 Å². The molecule has 60 valence electrons. The van der Waals surface area contributed by atoms with Crippen LogP contribution >= 0.6 is 0 Å². The van der Waals surface area contributed by atoms with Crippen molar-refractivity contribution in [2.24, 2.45) is 0 Å². The number of esters is 1. The van der Waals surface area contributed by atoms with E-state index in [1.165, 1.54) is 6.92 Å². The minimum Gasteiger partial charge on any atom is -0.449 e. The van der Waals surface area contributed by atoms with Crippen molar-refractivity contribution in [2.45, 2.75) is 6.92 Å². The SMILES string of the molecule is CC(=O)NCC(=O)OCC#N. The molecular weight excluding hydrogens is 148 g/mol. The molecule has 0 aliphatic heterocycles. The highest BCUT2D eigenvalue weighted by atomic mass is 16.5. The average Bonchev–Trinajstić information content (AvgIpc) is 1.97. The fourth-order valence-corrected chi connectivity index (χ4v) is 0.360. The average molecular weight is 156 g/mol. The molecule has 0 fully saturated rings. The number of nitriles is 1. The molecule has 0 aromatic heterocycles. The molecule has 0 heterocycles.